The number of likely N-dealkylation sites (N-methyl/N-ethyl adjacent to an activating group) is 2. The molecule has 1 atom stereocenters. The lowest BCUT2D eigenvalue weighted by atomic mass is 10.2. The average Bonchev–Trinajstić information content (AvgIpc) is 2.54. The summed E-state index contributed by atoms with van der Waals surface area (Å²) in [5, 5.41) is 3.63. The fourth-order valence-corrected chi connectivity index (χ4v) is 2.97. The SMILES string of the molecule is CCCNC(C)CN(CCN(C)CCC)CCN(CC)CCC. The van der Waals surface area contributed by atoms with Gasteiger partial charge in [-0.05, 0) is 59.4 Å². The van der Waals surface area contributed by atoms with Gasteiger partial charge >= 0.3 is 0 Å². The molecule has 140 valence electrons. The molecule has 0 amide bonds. The summed E-state index contributed by atoms with van der Waals surface area (Å²) >= 11 is 0. The van der Waals surface area contributed by atoms with Gasteiger partial charge in [0.05, 0.1) is 0 Å². The predicted molar refractivity (Wildman–Crippen MR) is 104 cm³/mol. The van der Waals surface area contributed by atoms with Crippen LogP contribution >= 0.6 is 0 Å². The Hall–Kier alpha value is -0.160. The molecule has 4 nitrogen and oxygen atoms in total. The third-order valence-corrected chi connectivity index (χ3v) is 4.40. The summed E-state index contributed by atoms with van der Waals surface area (Å²) in [7, 11) is 2.25. The molecule has 0 fully saturated rings. The molecule has 0 heterocycles. The molecule has 0 rings (SSSR count). The van der Waals surface area contributed by atoms with Crippen LogP contribution in [-0.2, 0) is 0 Å². The molecule has 0 aromatic rings. The zero-order chi connectivity index (χ0) is 17.5. The quantitative estimate of drug-likeness (QED) is 0.470. The smallest absolute Gasteiger partial charge is 0.0166 e. The monoisotopic (exact) mass is 328 g/mol. The highest BCUT2D eigenvalue weighted by atomic mass is 15.2. The second-order valence-corrected chi connectivity index (χ2v) is 6.89. The first-order valence-electron chi connectivity index (χ1n) is 9.93. The van der Waals surface area contributed by atoms with Crippen LogP contribution in [0.4, 0.5) is 0 Å². The summed E-state index contributed by atoms with van der Waals surface area (Å²) in [5.41, 5.74) is 0. The van der Waals surface area contributed by atoms with Gasteiger partial charge in [0, 0.05) is 38.8 Å². The van der Waals surface area contributed by atoms with Crippen molar-refractivity contribution in [1.29, 1.82) is 0 Å². The van der Waals surface area contributed by atoms with Gasteiger partial charge in [0.2, 0.25) is 0 Å². The summed E-state index contributed by atoms with van der Waals surface area (Å²) < 4.78 is 0. The van der Waals surface area contributed by atoms with Crippen molar-refractivity contribution < 1.29 is 0 Å². The second kappa shape index (κ2) is 15.4. The molecule has 0 saturated carbocycles. The van der Waals surface area contributed by atoms with Crippen molar-refractivity contribution in [2.45, 2.75) is 59.9 Å². The highest BCUT2D eigenvalue weighted by molar-refractivity contribution is 4.71. The number of hydrogen-bond donors (Lipinski definition) is 1. The topological polar surface area (TPSA) is 21.8 Å². The van der Waals surface area contributed by atoms with E-state index in [0.29, 0.717) is 6.04 Å². The van der Waals surface area contributed by atoms with Crippen molar-refractivity contribution >= 4 is 0 Å². The van der Waals surface area contributed by atoms with Gasteiger partial charge in [0.1, 0.15) is 0 Å². The lowest BCUT2D eigenvalue weighted by Crippen LogP contribution is -2.45. The normalized spacial score (nSPS) is 13.4. The van der Waals surface area contributed by atoms with Crippen molar-refractivity contribution in [3.05, 3.63) is 0 Å². The fraction of sp³-hybridized carbons (Fsp3) is 1.00. The Kier molecular flexibility index (Phi) is 15.3. The number of rotatable bonds is 16. The highest BCUT2D eigenvalue weighted by Crippen LogP contribution is 1.98. The molecule has 0 saturated heterocycles. The van der Waals surface area contributed by atoms with Crippen molar-refractivity contribution in [3.63, 3.8) is 0 Å². The molecule has 4 heteroatoms. The van der Waals surface area contributed by atoms with Crippen LogP contribution in [0.5, 0.6) is 0 Å². The minimum Gasteiger partial charge on any atom is -0.313 e. The Balaban J connectivity index is 4.34. The molecule has 1 N–H and O–H groups in total. The fourth-order valence-electron chi connectivity index (χ4n) is 2.97. The summed E-state index contributed by atoms with van der Waals surface area (Å²) in [6, 6.07) is 0.577. The van der Waals surface area contributed by atoms with E-state index in [1.54, 1.807) is 0 Å². The van der Waals surface area contributed by atoms with Crippen LogP contribution in [0.1, 0.15) is 53.9 Å². The van der Waals surface area contributed by atoms with E-state index < -0.39 is 0 Å². The van der Waals surface area contributed by atoms with E-state index >= 15 is 0 Å². The maximum Gasteiger partial charge on any atom is 0.0166 e. The molecular weight excluding hydrogens is 284 g/mol. The lowest BCUT2D eigenvalue weighted by molar-refractivity contribution is 0.178. The molecule has 1 unspecified atom stereocenters. The van der Waals surface area contributed by atoms with Crippen LogP contribution in [0.3, 0.4) is 0 Å². The van der Waals surface area contributed by atoms with E-state index in [4.69, 9.17) is 0 Å². The van der Waals surface area contributed by atoms with Crippen LogP contribution in [-0.4, -0.2) is 86.7 Å². The van der Waals surface area contributed by atoms with Crippen LogP contribution in [0.2, 0.25) is 0 Å². The van der Waals surface area contributed by atoms with E-state index in [-0.39, 0.29) is 0 Å². The largest absolute Gasteiger partial charge is 0.313 e. The molecule has 0 aromatic heterocycles. The molecule has 23 heavy (non-hydrogen) atoms. The zero-order valence-electron chi connectivity index (χ0n) is 16.9. The summed E-state index contributed by atoms with van der Waals surface area (Å²) in [5.74, 6) is 0. The standard InChI is InChI=1S/C19H44N4/c1-7-11-20-19(5)18-23(15-14-21(6)12-8-2)17-16-22(10-4)13-9-3/h19-20H,7-18H2,1-6H3. The Morgan fingerprint density at radius 1 is 0.739 bits per heavy atom. The van der Waals surface area contributed by atoms with Crippen molar-refractivity contribution in [1.82, 2.24) is 20.0 Å². The molecule has 0 bridgehead atoms. The Morgan fingerprint density at radius 2 is 1.35 bits per heavy atom. The van der Waals surface area contributed by atoms with E-state index in [2.05, 4.69) is 61.7 Å². The third kappa shape index (κ3) is 12.9. The van der Waals surface area contributed by atoms with Crippen molar-refractivity contribution in [3.8, 4) is 0 Å². The Bertz CT molecular complexity index is 248. The second-order valence-electron chi connectivity index (χ2n) is 6.89. The van der Waals surface area contributed by atoms with Crippen LogP contribution in [0, 0.1) is 0 Å². The van der Waals surface area contributed by atoms with Crippen LogP contribution < -0.4 is 5.32 Å². The first kappa shape index (κ1) is 22.8. The molecule has 0 spiro atoms. The molecule has 0 aliphatic heterocycles. The summed E-state index contributed by atoms with van der Waals surface area (Å²) in [6.07, 6.45) is 3.70. The highest BCUT2D eigenvalue weighted by Gasteiger charge is 2.12. The predicted octanol–water partition coefficient (Wildman–Crippen LogP) is 2.75. The molecule has 0 aliphatic rings. The van der Waals surface area contributed by atoms with Crippen LogP contribution in [0.15, 0.2) is 0 Å². The Labute approximate surface area is 146 Å². The van der Waals surface area contributed by atoms with Gasteiger partial charge in [-0.2, -0.15) is 0 Å². The molecule has 0 aliphatic carbocycles. The first-order chi connectivity index (χ1) is 11.1. The molecular formula is C19H44N4. The minimum atomic E-state index is 0.577. The number of nitrogens with zero attached hydrogens (tertiary/aromatic N) is 3. The molecule has 0 radical (unpaired) electrons. The average molecular weight is 329 g/mol. The van der Waals surface area contributed by atoms with Gasteiger partial charge in [0.15, 0.2) is 0 Å². The zero-order valence-corrected chi connectivity index (χ0v) is 16.9. The van der Waals surface area contributed by atoms with Crippen molar-refractivity contribution in [2.75, 3.05) is 66.0 Å². The first-order valence-corrected chi connectivity index (χ1v) is 9.93. The van der Waals surface area contributed by atoms with Gasteiger partial charge in [-0.15, -0.1) is 0 Å². The van der Waals surface area contributed by atoms with Crippen LogP contribution in [0.25, 0.3) is 0 Å². The van der Waals surface area contributed by atoms with Crippen molar-refractivity contribution in [2.24, 2.45) is 0 Å². The summed E-state index contributed by atoms with van der Waals surface area (Å²) in [4.78, 5) is 7.69. The number of nitrogens with one attached hydrogen (secondary N) is 1. The molecule has 0 aromatic carbocycles. The van der Waals surface area contributed by atoms with E-state index in [0.717, 1.165) is 13.1 Å². The maximum atomic E-state index is 3.63. The van der Waals surface area contributed by atoms with Gasteiger partial charge in [-0.25, -0.2) is 0 Å². The van der Waals surface area contributed by atoms with Gasteiger partial charge < -0.3 is 15.1 Å². The van der Waals surface area contributed by atoms with Gasteiger partial charge in [-0.3, -0.25) is 4.90 Å². The minimum absolute atomic E-state index is 0.577. The van der Waals surface area contributed by atoms with E-state index in [9.17, 15) is 0 Å². The number of hydrogen-bond acceptors (Lipinski definition) is 4. The lowest BCUT2D eigenvalue weighted by Gasteiger charge is -2.30. The third-order valence-electron chi connectivity index (χ3n) is 4.40. The Morgan fingerprint density at radius 3 is 1.91 bits per heavy atom. The maximum absolute atomic E-state index is 3.63. The van der Waals surface area contributed by atoms with E-state index in [1.165, 1.54) is 65.1 Å². The summed E-state index contributed by atoms with van der Waals surface area (Å²) in [6.45, 7) is 22.0. The van der Waals surface area contributed by atoms with Gasteiger partial charge in [-0.1, -0.05) is 27.7 Å². The van der Waals surface area contributed by atoms with Gasteiger partial charge in [0.25, 0.3) is 0 Å². The van der Waals surface area contributed by atoms with E-state index in [1.807, 2.05) is 0 Å².